The van der Waals surface area contributed by atoms with Gasteiger partial charge in [0, 0.05) is 62.5 Å². The van der Waals surface area contributed by atoms with Gasteiger partial charge in [-0.25, -0.2) is 0 Å². The van der Waals surface area contributed by atoms with E-state index in [1.807, 2.05) is 43.1 Å². The number of para-hydroxylation sites is 1. The zero-order valence-electron chi connectivity index (χ0n) is 20.0. The van der Waals surface area contributed by atoms with Crippen LogP contribution in [0.3, 0.4) is 0 Å². The van der Waals surface area contributed by atoms with Crippen molar-refractivity contribution >= 4 is 23.4 Å². The van der Waals surface area contributed by atoms with Gasteiger partial charge in [0.05, 0.1) is 5.92 Å². The van der Waals surface area contributed by atoms with Crippen molar-refractivity contribution in [3.05, 3.63) is 46.8 Å². The minimum absolute atomic E-state index is 0.0490. The van der Waals surface area contributed by atoms with Crippen LogP contribution in [0.5, 0.6) is 0 Å². The Morgan fingerprint density at radius 3 is 2.50 bits per heavy atom. The highest BCUT2D eigenvalue weighted by atomic mass is 16.2. The smallest absolute Gasteiger partial charge is 0.274 e. The highest BCUT2D eigenvalue weighted by molar-refractivity contribution is 5.96. The molecule has 2 aliphatic heterocycles. The van der Waals surface area contributed by atoms with Gasteiger partial charge in [0.15, 0.2) is 5.69 Å². The van der Waals surface area contributed by atoms with E-state index in [1.165, 1.54) is 0 Å². The summed E-state index contributed by atoms with van der Waals surface area (Å²) >= 11 is 0. The van der Waals surface area contributed by atoms with Gasteiger partial charge in [-0.1, -0.05) is 24.6 Å². The zero-order valence-corrected chi connectivity index (χ0v) is 20.0. The lowest BCUT2D eigenvalue weighted by Crippen LogP contribution is -2.45. The topological polar surface area (TPSA) is 87.5 Å². The maximum Gasteiger partial charge on any atom is 0.274 e. The molecule has 0 spiro atoms. The van der Waals surface area contributed by atoms with Gasteiger partial charge < -0.3 is 15.1 Å². The van der Waals surface area contributed by atoms with E-state index in [0.717, 1.165) is 54.6 Å². The number of likely N-dealkylation sites (tertiary alicyclic amines) is 1. The van der Waals surface area contributed by atoms with E-state index in [4.69, 9.17) is 0 Å². The molecule has 180 valence electrons. The highest BCUT2D eigenvalue weighted by Crippen LogP contribution is 2.32. The molecule has 1 saturated heterocycles. The number of nitrogens with one attached hydrogen (secondary N) is 1. The first-order valence-electron chi connectivity index (χ1n) is 12.4. The summed E-state index contributed by atoms with van der Waals surface area (Å²) in [5, 5.41) is 7.61. The standard InChI is InChI=1S/C26H33N5O3/c1-17-7-3-4-11-21(17)27-24(32)19-10-6-13-30(15-19)26(34)23-20-16-31(25(33)18-8-5-9-18)14-12-22(20)29(2)28-23/h3-4,7,11,18-19H,5-6,8-10,12-16H2,1-2H3,(H,27,32)/t19-/m0/s1. The second-order valence-electron chi connectivity index (χ2n) is 9.93. The number of piperidine rings is 1. The van der Waals surface area contributed by atoms with Gasteiger partial charge in [0.25, 0.3) is 5.91 Å². The predicted octanol–water partition coefficient (Wildman–Crippen LogP) is 2.90. The molecule has 3 heterocycles. The fraction of sp³-hybridized carbons (Fsp3) is 0.538. The molecule has 1 aromatic heterocycles. The molecule has 1 aromatic carbocycles. The Morgan fingerprint density at radius 2 is 1.76 bits per heavy atom. The molecule has 2 aromatic rings. The van der Waals surface area contributed by atoms with Crippen LogP contribution in [0.1, 0.15) is 59.4 Å². The van der Waals surface area contributed by atoms with Crippen molar-refractivity contribution in [1.29, 1.82) is 0 Å². The molecule has 5 rings (SSSR count). The van der Waals surface area contributed by atoms with E-state index in [2.05, 4.69) is 10.4 Å². The maximum absolute atomic E-state index is 13.6. The van der Waals surface area contributed by atoms with E-state index in [-0.39, 0.29) is 29.6 Å². The molecule has 1 saturated carbocycles. The minimum Gasteiger partial charge on any atom is -0.338 e. The number of aryl methyl sites for hydroxylation is 2. The number of aromatic nitrogens is 2. The molecular weight excluding hydrogens is 430 g/mol. The van der Waals surface area contributed by atoms with Crippen molar-refractivity contribution in [2.24, 2.45) is 18.9 Å². The second kappa shape index (κ2) is 9.24. The molecule has 3 aliphatic rings. The molecule has 1 atom stereocenters. The van der Waals surface area contributed by atoms with Gasteiger partial charge in [0.1, 0.15) is 0 Å². The highest BCUT2D eigenvalue weighted by Gasteiger charge is 2.36. The summed E-state index contributed by atoms with van der Waals surface area (Å²) in [6.07, 6.45) is 5.32. The van der Waals surface area contributed by atoms with Crippen molar-refractivity contribution in [2.45, 2.75) is 52.0 Å². The number of anilines is 1. The normalized spacial score (nSPS) is 20.5. The Labute approximate surface area is 200 Å². The molecule has 3 amide bonds. The average Bonchev–Trinajstić information content (AvgIpc) is 3.14. The molecule has 1 N–H and O–H groups in total. The van der Waals surface area contributed by atoms with Crippen LogP contribution in [0.25, 0.3) is 0 Å². The quantitative estimate of drug-likeness (QED) is 0.755. The van der Waals surface area contributed by atoms with Gasteiger partial charge >= 0.3 is 0 Å². The number of hydrogen-bond acceptors (Lipinski definition) is 4. The third-order valence-electron chi connectivity index (χ3n) is 7.69. The summed E-state index contributed by atoms with van der Waals surface area (Å²) in [4.78, 5) is 43.0. The van der Waals surface area contributed by atoms with Gasteiger partial charge in [-0.05, 0) is 44.2 Å². The van der Waals surface area contributed by atoms with E-state index in [1.54, 1.807) is 9.58 Å². The van der Waals surface area contributed by atoms with Gasteiger partial charge in [-0.2, -0.15) is 5.10 Å². The number of benzene rings is 1. The molecule has 2 fully saturated rings. The van der Waals surface area contributed by atoms with Crippen molar-refractivity contribution in [1.82, 2.24) is 19.6 Å². The second-order valence-corrected chi connectivity index (χ2v) is 9.93. The minimum atomic E-state index is -0.256. The third-order valence-corrected chi connectivity index (χ3v) is 7.69. The van der Waals surface area contributed by atoms with E-state index in [0.29, 0.717) is 38.3 Å². The number of nitrogens with zero attached hydrogens (tertiary/aromatic N) is 4. The number of carbonyl (C=O) groups excluding carboxylic acids is 3. The Morgan fingerprint density at radius 1 is 1.00 bits per heavy atom. The summed E-state index contributed by atoms with van der Waals surface area (Å²) in [5.41, 5.74) is 4.17. The SMILES string of the molecule is Cc1ccccc1NC(=O)[C@H]1CCCN(C(=O)c2nn(C)c3c2CN(C(=O)C2CCC2)CC3)C1. The van der Waals surface area contributed by atoms with Crippen LogP contribution in [-0.2, 0) is 29.6 Å². The Bertz CT molecular complexity index is 1120. The Hall–Kier alpha value is -3.16. The largest absolute Gasteiger partial charge is 0.338 e. The number of hydrogen-bond donors (Lipinski definition) is 1. The summed E-state index contributed by atoms with van der Waals surface area (Å²) < 4.78 is 1.79. The molecule has 0 unspecified atom stereocenters. The molecule has 0 radical (unpaired) electrons. The van der Waals surface area contributed by atoms with Crippen LogP contribution < -0.4 is 5.32 Å². The van der Waals surface area contributed by atoms with Gasteiger partial charge in [-0.3, -0.25) is 19.1 Å². The number of carbonyl (C=O) groups is 3. The first kappa shape index (κ1) is 22.6. The van der Waals surface area contributed by atoms with E-state index < -0.39 is 0 Å². The summed E-state index contributed by atoms with van der Waals surface area (Å²) in [5.74, 6) is -0.0825. The van der Waals surface area contributed by atoms with E-state index in [9.17, 15) is 14.4 Å². The van der Waals surface area contributed by atoms with Crippen molar-refractivity contribution in [2.75, 3.05) is 25.0 Å². The van der Waals surface area contributed by atoms with Crippen LogP contribution in [0.4, 0.5) is 5.69 Å². The fourth-order valence-electron chi connectivity index (χ4n) is 5.34. The van der Waals surface area contributed by atoms with Crippen molar-refractivity contribution < 1.29 is 14.4 Å². The fourth-order valence-corrected chi connectivity index (χ4v) is 5.34. The third kappa shape index (κ3) is 4.21. The van der Waals surface area contributed by atoms with Gasteiger partial charge in [0.2, 0.25) is 11.8 Å². The first-order chi connectivity index (χ1) is 16.4. The monoisotopic (exact) mass is 463 g/mol. The summed E-state index contributed by atoms with van der Waals surface area (Å²) in [6.45, 7) is 4.09. The molecule has 1 aliphatic carbocycles. The lowest BCUT2D eigenvalue weighted by atomic mass is 9.84. The molecule has 8 nitrogen and oxygen atoms in total. The van der Waals surface area contributed by atoms with Gasteiger partial charge in [-0.15, -0.1) is 0 Å². The Kier molecular flexibility index (Phi) is 6.15. The number of amides is 3. The van der Waals surface area contributed by atoms with Crippen molar-refractivity contribution in [3.63, 3.8) is 0 Å². The predicted molar refractivity (Wildman–Crippen MR) is 128 cm³/mol. The lowest BCUT2D eigenvalue weighted by molar-refractivity contribution is -0.139. The maximum atomic E-state index is 13.6. The average molecular weight is 464 g/mol. The van der Waals surface area contributed by atoms with Crippen LogP contribution >= 0.6 is 0 Å². The summed E-state index contributed by atoms with van der Waals surface area (Å²) in [7, 11) is 1.87. The molecule has 0 bridgehead atoms. The number of fused-ring (bicyclic) bond motifs is 1. The first-order valence-corrected chi connectivity index (χ1v) is 12.4. The van der Waals surface area contributed by atoms with Crippen LogP contribution in [0.2, 0.25) is 0 Å². The van der Waals surface area contributed by atoms with E-state index >= 15 is 0 Å². The molecule has 34 heavy (non-hydrogen) atoms. The zero-order chi connectivity index (χ0) is 23.8. The van der Waals surface area contributed by atoms with Crippen LogP contribution in [-0.4, -0.2) is 56.9 Å². The lowest BCUT2D eigenvalue weighted by Gasteiger charge is -2.35. The molecule has 8 heteroatoms. The van der Waals surface area contributed by atoms with Crippen molar-refractivity contribution in [3.8, 4) is 0 Å². The van der Waals surface area contributed by atoms with Crippen LogP contribution in [0.15, 0.2) is 24.3 Å². The number of rotatable bonds is 4. The van der Waals surface area contributed by atoms with Crippen LogP contribution in [0, 0.1) is 18.8 Å². The summed E-state index contributed by atoms with van der Waals surface area (Å²) in [6, 6.07) is 7.72. The molecular formula is C26H33N5O3. The Balaban J connectivity index is 1.29.